The molecule has 5 nitrogen and oxygen atoms in total. The number of hydrogen-bond donors (Lipinski definition) is 2. The number of anilines is 1. The Morgan fingerprint density at radius 1 is 1.43 bits per heavy atom. The lowest BCUT2D eigenvalue weighted by atomic mass is 9.93. The van der Waals surface area contributed by atoms with Gasteiger partial charge in [-0.3, -0.25) is 4.79 Å². The maximum absolute atomic E-state index is 12.5. The Hall–Kier alpha value is -2.14. The van der Waals surface area contributed by atoms with Crippen LogP contribution in [0.3, 0.4) is 0 Å². The first kappa shape index (κ1) is 13.8. The molecule has 0 spiro atoms. The first-order valence-electron chi connectivity index (χ1n) is 7.40. The van der Waals surface area contributed by atoms with Crippen LogP contribution in [0, 0.1) is 0 Å². The highest BCUT2D eigenvalue weighted by Crippen LogP contribution is 2.25. The normalized spacial score (nSPS) is 21.4. The van der Waals surface area contributed by atoms with Crippen LogP contribution in [0.25, 0.3) is 5.69 Å². The maximum atomic E-state index is 12.5. The van der Waals surface area contributed by atoms with Crippen molar-refractivity contribution >= 4 is 11.6 Å². The summed E-state index contributed by atoms with van der Waals surface area (Å²) in [5.41, 5.74) is 1.39. The zero-order chi connectivity index (χ0) is 14.7. The second kappa shape index (κ2) is 5.69. The van der Waals surface area contributed by atoms with E-state index in [1.807, 2.05) is 36.5 Å². The Balaban J connectivity index is 1.72. The summed E-state index contributed by atoms with van der Waals surface area (Å²) in [4.78, 5) is 12.5. The van der Waals surface area contributed by atoms with Gasteiger partial charge in [0.1, 0.15) is 0 Å². The van der Waals surface area contributed by atoms with Crippen molar-refractivity contribution in [3.8, 4) is 5.69 Å². The van der Waals surface area contributed by atoms with Crippen molar-refractivity contribution in [2.75, 3.05) is 11.9 Å². The molecule has 1 aromatic carbocycles. The Labute approximate surface area is 124 Å². The summed E-state index contributed by atoms with van der Waals surface area (Å²) >= 11 is 0. The molecule has 21 heavy (non-hydrogen) atoms. The highest BCUT2D eigenvalue weighted by molar-refractivity contribution is 5.98. The number of amides is 1. The molecule has 0 radical (unpaired) electrons. The largest absolute Gasteiger partial charge is 0.324 e. The molecule has 1 atom stereocenters. The Kier molecular flexibility index (Phi) is 3.75. The van der Waals surface area contributed by atoms with Crippen LogP contribution < -0.4 is 10.6 Å². The van der Waals surface area contributed by atoms with Crippen LogP contribution in [0.4, 0.5) is 5.69 Å². The van der Waals surface area contributed by atoms with Gasteiger partial charge in [-0.05, 0) is 56.1 Å². The molecule has 1 unspecified atom stereocenters. The van der Waals surface area contributed by atoms with Crippen molar-refractivity contribution in [1.82, 2.24) is 15.1 Å². The summed E-state index contributed by atoms with van der Waals surface area (Å²) < 4.78 is 1.79. The number of rotatable bonds is 4. The standard InChI is InChI=1S/C16H20N4O/c1-2-16(9-3-10-17-16)15(21)19-13-5-7-14(8-6-13)20-12-4-11-18-20/h4-8,11-12,17H,2-3,9-10H2,1H3,(H,19,21). The lowest BCUT2D eigenvalue weighted by Gasteiger charge is -2.26. The third kappa shape index (κ3) is 2.69. The van der Waals surface area contributed by atoms with E-state index in [0.29, 0.717) is 0 Å². The fraction of sp³-hybridized carbons (Fsp3) is 0.375. The van der Waals surface area contributed by atoms with Crippen LogP contribution in [0.1, 0.15) is 26.2 Å². The van der Waals surface area contributed by atoms with E-state index < -0.39 is 5.54 Å². The summed E-state index contributed by atoms with van der Waals surface area (Å²) in [6.07, 6.45) is 6.40. The molecule has 1 fully saturated rings. The minimum atomic E-state index is -0.402. The zero-order valence-electron chi connectivity index (χ0n) is 12.2. The molecule has 1 amide bonds. The van der Waals surface area contributed by atoms with Gasteiger partial charge in [-0.2, -0.15) is 5.10 Å². The van der Waals surface area contributed by atoms with Crippen LogP contribution in [0.2, 0.25) is 0 Å². The van der Waals surface area contributed by atoms with Crippen LogP contribution in [-0.2, 0) is 4.79 Å². The molecule has 3 rings (SSSR count). The predicted octanol–water partition coefficient (Wildman–Crippen LogP) is 2.34. The van der Waals surface area contributed by atoms with Gasteiger partial charge in [0, 0.05) is 18.1 Å². The SMILES string of the molecule is CCC1(C(=O)Nc2ccc(-n3cccn3)cc2)CCCN1. The molecule has 110 valence electrons. The monoisotopic (exact) mass is 284 g/mol. The molecule has 2 N–H and O–H groups in total. The molecule has 2 heterocycles. The van der Waals surface area contributed by atoms with E-state index in [-0.39, 0.29) is 5.91 Å². The minimum absolute atomic E-state index is 0.0642. The van der Waals surface area contributed by atoms with E-state index in [9.17, 15) is 4.79 Å². The molecule has 2 aromatic rings. The first-order chi connectivity index (χ1) is 10.2. The number of carbonyl (C=O) groups excluding carboxylic acids is 1. The zero-order valence-corrected chi connectivity index (χ0v) is 12.2. The van der Waals surface area contributed by atoms with Crippen LogP contribution in [0.15, 0.2) is 42.7 Å². The van der Waals surface area contributed by atoms with Crippen molar-refractivity contribution in [3.63, 3.8) is 0 Å². The molecule has 5 heteroatoms. The molecular formula is C16H20N4O. The maximum Gasteiger partial charge on any atom is 0.244 e. The number of nitrogens with one attached hydrogen (secondary N) is 2. The second-order valence-corrected chi connectivity index (χ2v) is 5.42. The smallest absolute Gasteiger partial charge is 0.244 e. The Bertz CT molecular complexity index is 598. The quantitative estimate of drug-likeness (QED) is 0.906. The van der Waals surface area contributed by atoms with E-state index >= 15 is 0 Å². The van der Waals surface area contributed by atoms with E-state index in [2.05, 4.69) is 22.7 Å². The first-order valence-corrected chi connectivity index (χ1v) is 7.40. The van der Waals surface area contributed by atoms with E-state index in [4.69, 9.17) is 0 Å². The second-order valence-electron chi connectivity index (χ2n) is 5.42. The molecule has 0 aliphatic carbocycles. The summed E-state index contributed by atoms with van der Waals surface area (Å²) in [5, 5.41) is 10.5. The summed E-state index contributed by atoms with van der Waals surface area (Å²) in [7, 11) is 0. The number of hydrogen-bond acceptors (Lipinski definition) is 3. The lowest BCUT2D eigenvalue weighted by Crippen LogP contribution is -2.50. The molecule has 1 saturated heterocycles. The van der Waals surface area contributed by atoms with Crippen molar-refractivity contribution in [1.29, 1.82) is 0 Å². The van der Waals surface area contributed by atoms with Gasteiger partial charge < -0.3 is 10.6 Å². The van der Waals surface area contributed by atoms with Crippen molar-refractivity contribution < 1.29 is 4.79 Å². The van der Waals surface area contributed by atoms with E-state index in [1.54, 1.807) is 10.9 Å². The van der Waals surface area contributed by atoms with Gasteiger partial charge in [-0.15, -0.1) is 0 Å². The minimum Gasteiger partial charge on any atom is -0.324 e. The average molecular weight is 284 g/mol. The van der Waals surface area contributed by atoms with Crippen molar-refractivity contribution in [2.45, 2.75) is 31.7 Å². The van der Waals surface area contributed by atoms with Gasteiger partial charge >= 0.3 is 0 Å². The Morgan fingerprint density at radius 2 is 2.24 bits per heavy atom. The van der Waals surface area contributed by atoms with Crippen molar-refractivity contribution in [2.24, 2.45) is 0 Å². The van der Waals surface area contributed by atoms with Gasteiger partial charge in [0.25, 0.3) is 0 Å². The number of carbonyl (C=O) groups is 1. The highest BCUT2D eigenvalue weighted by atomic mass is 16.2. The van der Waals surface area contributed by atoms with Crippen LogP contribution in [0.5, 0.6) is 0 Å². The van der Waals surface area contributed by atoms with Gasteiger partial charge in [-0.25, -0.2) is 4.68 Å². The topological polar surface area (TPSA) is 59.0 Å². The third-order valence-electron chi connectivity index (χ3n) is 4.18. The van der Waals surface area contributed by atoms with Gasteiger partial charge in [0.2, 0.25) is 5.91 Å². The average Bonchev–Trinajstić information content (AvgIpc) is 3.20. The fourth-order valence-electron chi connectivity index (χ4n) is 2.83. The van der Waals surface area contributed by atoms with E-state index in [1.165, 1.54) is 0 Å². The number of aromatic nitrogens is 2. The molecule has 0 bridgehead atoms. The van der Waals surface area contributed by atoms with Crippen molar-refractivity contribution in [3.05, 3.63) is 42.7 Å². The van der Waals surface area contributed by atoms with Gasteiger partial charge in [-0.1, -0.05) is 6.92 Å². The predicted molar refractivity (Wildman–Crippen MR) is 82.5 cm³/mol. The van der Waals surface area contributed by atoms with E-state index in [0.717, 1.165) is 37.2 Å². The molecule has 1 aliphatic rings. The molecule has 1 aliphatic heterocycles. The fourth-order valence-corrected chi connectivity index (χ4v) is 2.83. The van der Waals surface area contributed by atoms with Crippen LogP contribution in [-0.4, -0.2) is 27.8 Å². The van der Waals surface area contributed by atoms with Gasteiger partial charge in [0.15, 0.2) is 0 Å². The van der Waals surface area contributed by atoms with Crippen LogP contribution >= 0.6 is 0 Å². The summed E-state index contributed by atoms with van der Waals surface area (Å²) in [6, 6.07) is 9.60. The third-order valence-corrected chi connectivity index (χ3v) is 4.18. The van der Waals surface area contributed by atoms with Gasteiger partial charge in [0.05, 0.1) is 11.2 Å². The molecular weight excluding hydrogens is 264 g/mol. The number of benzene rings is 1. The highest BCUT2D eigenvalue weighted by Gasteiger charge is 2.38. The molecule has 1 aromatic heterocycles. The molecule has 0 saturated carbocycles. The lowest BCUT2D eigenvalue weighted by molar-refractivity contribution is -0.122. The number of nitrogens with zero attached hydrogens (tertiary/aromatic N) is 2. The Morgan fingerprint density at radius 3 is 2.81 bits per heavy atom. The summed E-state index contributed by atoms with van der Waals surface area (Å²) in [6.45, 7) is 2.97. The summed E-state index contributed by atoms with van der Waals surface area (Å²) in [5.74, 6) is 0.0642.